The van der Waals surface area contributed by atoms with Crippen molar-refractivity contribution in [1.29, 1.82) is 0 Å². The Bertz CT molecular complexity index is 670. The maximum Gasteiger partial charge on any atom is 0.419 e. The minimum Gasteiger partial charge on any atom is -0.253 e. The summed E-state index contributed by atoms with van der Waals surface area (Å²) < 4.78 is 51.9. The lowest BCUT2D eigenvalue weighted by molar-refractivity contribution is -0.140. The minimum atomic E-state index is -4.83. The van der Waals surface area contributed by atoms with Gasteiger partial charge in [-0.3, -0.25) is 4.98 Å². The Kier molecular flexibility index (Phi) is 4.14. The zero-order valence-electron chi connectivity index (χ0n) is 9.40. The van der Waals surface area contributed by atoms with E-state index in [1.54, 1.807) is 0 Å². The molecule has 8 heteroatoms. The molecule has 0 aliphatic rings. The molecule has 0 spiro atoms. The summed E-state index contributed by atoms with van der Waals surface area (Å²) in [7, 11) is 0. The molecular formula is C12H4Cl3F4N. The van der Waals surface area contributed by atoms with Gasteiger partial charge in [0.1, 0.15) is 5.69 Å². The van der Waals surface area contributed by atoms with Crippen molar-refractivity contribution in [3.63, 3.8) is 0 Å². The van der Waals surface area contributed by atoms with Gasteiger partial charge < -0.3 is 0 Å². The molecule has 2 rings (SSSR count). The molecule has 0 amide bonds. The molecule has 0 saturated heterocycles. The van der Waals surface area contributed by atoms with Gasteiger partial charge in [0, 0.05) is 11.8 Å². The van der Waals surface area contributed by atoms with Crippen molar-refractivity contribution in [2.45, 2.75) is 6.18 Å². The van der Waals surface area contributed by atoms with Crippen LogP contribution in [0.3, 0.4) is 0 Å². The number of halogens is 7. The van der Waals surface area contributed by atoms with Gasteiger partial charge in [-0.15, -0.1) is 0 Å². The molecule has 0 atom stereocenters. The molecule has 1 aromatic carbocycles. The smallest absolute Gasteiger partial charge is 0.253 e. The lowest BCUT2D eigenvalue weighted by Gasteiger charge is -2.12. The maximum absolute atomic E-state index is 13.9. The zero-order chi connectivity index (χ0) is 15.1. The van der Waals surface area contributed by atoms with E-state index in [-0.39, 0.29) is 20.6 Å². The summed E-state index contributed by atoms with van der Waals surface area (Å²) in [5, 5.41) is 0.0857. The SMILES string of the molecule is Fc1c(C(F)(F)F)ccnc1-c1cc(Cl)c(Cl)cc1Cl. The number of nitrogens with zero attached hydrogens (tertiary/aromatic N) is 1. The molecule has 1 aromatic heterocycles. The Morgan fingerprint density at radius 1 is 0.950 bits per heavy atom. The van der Waals surface area contributed by atoms with Crippen molar-refractivity contribution in [3.8, 4) is 11.3 Å². The number of hydrogen-bond acceptors (Lipinski definition) is 1. The molecule has 0 aliphatic heterocycles. The molecule has 0 fully saturated rings. The summed E-state index contributed by atoms with van der Waals surface area (Å²) in [6, 6.07) is 2.92. The van der Waals surface area contributed by atoms with E-state index in [0.29, 0.717) is 6.07 Å². The first-order valence-electron chi connectivity index (χ1n) is 5.08. The minimum absolute atomic E-state index is 0.0321. The molecule has 0 aliphatic carbocycles. The van der Waals surface area contributed by atoms with E-state index >= 15 is 0 Å². The second-order valence-electron chi connectivity index (χ2n) is 3.77. The quantitative estimate of drug-likeness (QED) is 0.466. The van der Waals surface area contributed by atoms with Crippen LogP contribution >= 0.6 is 34.8 Å². The second kappa shape index (κ2) is 5.39. The van der Waals surface area contributed by atoms with Gasteiger partial charge in [-0.05, 0) is 18.2 Å². The molecule has 0 N–H and O–H groups in total. The summed E-state index contributed by atoms with van der Waals surface area (Å²) in [6.07, 6.45) is -3.98. The molecule has 106 valence electrons. The molecule has 0 radical (unpaired) electrons. The lowest BCUT2D eigenvalue weighted by Crippen LogP contribution is -2.09. The third kappa shape index (κ3) is 2.85. The molecule has 1 heterocycles. The van der Waals surface area contributed by atoms with Crippen molar-refractivity contribution < 1.29 is 17.6 Å². The molecule has 1 nitrogen and oxygen atoms in total. The third-order valence-corrected chi connectivity index (χ3v) is 3.49. The monoisotopic (exact) mass is 343 g/mol. The molecule has 2 aromatic rings. The summed E-state index contributed by atoms with van der Waals surface area (Å²) in [4.78, 5) is 3.59. The fraction of sp³-hybridized carbons (Fsp3) is 0.0833. The topological polar surface area (TPSA) is 12.9 Å². The van der Waals surface area contributed by atoms with Gasteiger partial charge in [-0.1, -0.05) is 34.8 Å². The average molecular weight is 345 g/mol. The lowest BCUT2D eigenvalue weighted by atomic mass is 10.1. The molecule has 20 heavy (non-hydrogen) atoms. The van der Waals surface area contributed by atoms with Crippen LogP contribution in [0.1, 0.15) is 5.56 Å². The maximum atomic E-state index is 13.9. The van der Waals surface area contributed by atoms with Crippen molar-refractivity contribution >= 4 is 34.8 Å². The summed E-state index contributed by atoms with van der Waals surface area (Å²) in [6.45, 7) is 0. The number of hydrogen-bond donors (Lipinski definition) is 0. The highest BCUT2D eigenvalue weighted by Gasteiger charge is 2.35. The molecular weight excluding hydrogens is 340 g/mol. The van der Waals surface area contributed by atoms with Crippen molar-refractivity contribution in [2.24, 2.45) is 0 Å². The highest BCUT2D eigenvalue weighted by Crippen LogP contribution is 2.38. The number of benzene rings is 1. The number of rotatable bonds is 1. The van der Waals surface area contributed by atoms with Crippen LogP contribution in [0.15, 0.2) is 24.4 Å². The fourth-order valence-corrected chi connectivity index (χ4v) is 2.19. The van der Waals surface area contributed by atoms with Crippen LogP contribution in [0.5, 0.6) is 0 Å². The van der Waals surface area contributed by atoms with Crippen LogP contribution in [0.2, 0.25) is 15.1 Å². The predicted molar refractivity (Wildman–Crippen MR) is 69.7 cm³/mol. The summed E-state index contributed by atoms with van der Waals surface area (Å²) in [5.41, 5.74) is -2.03. The Hall–Kier alpha value is -1.04. The molecule has 0 saturated carbocycles. The standard InChI is InChI=1S/C12H4Cl3F4N/c13-7-4-9(15)8(14)3-5(7)11-10(16)6(1-2-20-11)12(17,18)19/h1-4H. The van der Waals surface area contributed by atoms with Gasteiger partial charge in [0.2, 0.25) is 0 Å². The van der Waals surface area contributed by atoms with Gasteiger partial charge in [-0.25, -0.2) is 4.39 Å². The van der Waals surface area contributed by atoms with Crippen LogP contribution in [0.25, 0.3) is 11.3 Å². The van der Waals surface area contributed by atoms with Crippen molar-refractivity contribution in [3.05, 3.63) is 50.8 Å². The number of alkyl halides is 3. The van der Waals surface area contributed by atoms with Gasteiger partial charge in [0.25, 0.3) is 0 Å². The Balaban J connectivity index is 2.69. The van der Waals surface area contributed by atoms with Gasteiger partial charge in [-0.2, -0.15) is 13.2 Å². The average Bonchev–Trinajstić information content (AvgIpc) is 2.33. The van der Waals surface area contributed by atoms with Crippen molar-refractivity contribution in [2.75, 3.05) is 0 Å². The molecule has 0 bridgehead atoms. The summed E-state index contributed by atoms with van der Waals surface area (Å²) >= 11 is 17.3. The Morgan fingerprint density at radius 2 is 1.55 bits per heavy atom. The van der Waals surface area contributed by atoms with Crippen LogP contribution in [-0.4, -0.2) is 4.98 Å². The molecule has 0 unspecified atom stereocenters. The fourth-order valence-electron chi connectivity index (χ4n) is 1.55. The van der Waals surface area contributed by atoms with Crippen LogP contribution in [0, 0.1) is 5.82 Å². The number of pyridine rings is 1. The first kappa shape index (κ1) is 15.4. The van der Waals surface area contributed by atoms with E-state index in [0.717, 1.165) is 12.3 Å². The van der Waals surface area contributed by atoms with Gasteiger partial charge in [0.05, 0.1) is 20.6 Å². The van der Waals surface area contributed by atoms with E-state index in [4.69, 9.17) is 34.8 Å². The second-order valence-corrected chi connectivity index (χ2v) is 4.99. The first-order valence-corrected chi connectivity index (χ1v) is 6.22. The summed E-state index contributed by atoms with van der Waals surface area (Å²) in [5.74, 6) is -1.51. The van der Waals surface area contributed by atoms with E-state index in [9.17, 15) is 17.6 Å². The van der Waals surface area contributed by atoms with E-state index < -0.39 is 23.3 Å². The third-order valence-electron chi connectivity index (χ3n) is 2.46. The van der Waals surface area contributed by atoms with E-state index in [2.05, 4.69) is 4.98 Å². The van der Waals surface area contributed by atoms with Crippen LogP contribution < -0.4 is 0 Å². The van der Waals surface area contributed by atoms with Crippen molar-refractivity contribution in [1.82, 2.24) is 4.98 Å². The highest BCUT2D eigenvalue weighted by molar-refractivity contribution is 6.44. The zero-order valence-corrected chi connectivity index (χ0v) is 11.7. The first-order chi connectivity index (χ1) is 9.21. The number of aromatic nitrogens is 1. The largest absolute Gasteiger partial charge is 0.419 e. The Labute approximate surface area is 126 Å². The van der Waals surface area contributed by atoms with Gasteiger partial charge >= 0.3 is 6.18 Å². The van der Waals surface area contributed by atoms with Crippen LogP contribution in [0.4, 0.5) is 17.6 Å². The van der Waals surface area contributed by atoms with E-state index in [1.165, 1.54) is 6.07 Å². The van der Waals surface area contributed by atoms with E-state index in [1.807, 2.05) is 0 Å². The normalized spacial score (nSPS) is 11.8. The van der Waals surface area contributed by atoms with Crippen LogP contribution in [-0.2, 0) is 6.18 Å². The van der Waals surface area contributed by atoms with Gasteiger partial charge in [0.15, 0.2) is 5.82 Å². The Morgan fingerprint density at radius 3 is 2.15 bits per heavy atom. The predicted octanol–water partition coefficient (Wildman–Crippen LogP) is 5.87. The highest BCUT2D eigenvalue weighted by atomic mass is 35.5.